The zero-order chi connectivity index (χ0) is 17.1. The lowest BCUT2D eigenvalue weighted by Gasteiger charge is -2.36. The highest BCUT2D eigenvalue weighted by atomic mass is 16.1. The second kappa shape index (κ2) is 6.95. The van der Waals surface area contributed by atoms with Crippen LogP contribution in [0.4, 0.5) is 17.1 Å². The van der Waals surface area contributed by atoms with E-state index in [0.29, 0.717) is 17.3 Å². The molecule has 0 aromatic heterocycles. The van der Waals surface area contributed by atoms with Gasteiger partial charge in [0, 0.05) is 23.8 Å². The molecular formula is C20H25N3O. The Hall–Kier alpha value is -2.49. The number of piperidine rings is 1. The minimum atomic E-state index is -0.105. The number of carbonyl (C=O) groups excluding carboxylic acids is 1. The van der Waals surface area contributed by atoms with Gasteiger partial charge in [0.2, 0.25) is 0 Å². The van der Waals surface area contributed by atoms with Gasteiger partial charge in [-0.3, -0.25) is 4.79 Å². The molecule has 0 radical (unpaired) electrons. The largest absolute Gasteiger partial charge is 0.397 e. The molecular weight excluding hydrogens is 298 g/mol. The van der Waals surface area contributed by atoms with Crippen molar-refractivity contribution in [3.05, 3.63) is 53.6 Å². The van der Waals surface area contributed by atoms with Crippen LogP contribution in [0, 0.1) is 6.92 Å². The number of anilines is 3. The molecule has 1 aliphatic rings. The number of amides is 1. The molecule has 0 saturated carbocycles. The summed E-state index contributed by atoms with van der Waals surface area (Å²) in [6, 6.07) is 13.9. The van der Waals surface area contributed by atoms with Crippen LogP contribution in [0.25, 0.3) is 0 Å². The molecule has 0 unspecified atom stereocenters. The van der Waals surface area contributed by atoms with Gasteiger partial charge in [0.05, 0.1) is 11.4 Å². The van der Waals surface area contributed by atoms with Crippen LogP contribution in [0.2, 0.25) is 0 Å². The van der Waals surface area contributed by atoms with E-state index in [-0.39, 0.29) is 5.91 Å². The average molecular weight is 323 g/mol. The Labute approximate surface area is 143 Å². The van der Waals surface area contributed by atoms with Crippen LogP contribution < -0.4 is 16.0 Å². The van der Waals surface area contributed by atoms with E-state index in [1.807, 2.05) is 49.4 Å². The van der Waals surface area contributed by atoms with Crippen molar-refractivity contribution in [2.75, 3.05) is 22.5 Å². The van der Waals surface area contributed by atoms with Gasteiger partial charge in [0.15, 0.2) is 0 Å². The third-order valence-electron chi connectivity index (χ3n) is 4.79. The average Bonchev–Trinajstić information content (AvgIpc) is 2.56. The number of aryl methyl sites for hydroxylation is 1. The van der Waals surface area contributed by atoms with E-state index in [0.717, 1.165) is 23.5 Å². The van der Waals surface area contributed by atoms with Crippen LogP contribution in [0.15, 0.2) is 42.5 Å². The SMILES string of the molecule is Cc1ccccc1C(=O)Nc1ccc(N2CCCC[C@H]2C)c(N)c1. The van der Waals surface area contributed by atoms with Gasteiger partial charge in [-0.15, -0.1) is 0 Å². The van der Waals surface area contributed by atoms with Crippen molar-refractivity contribution in [3.8, 4) is 0 Å². The van der Waals surface area contributed by atoms with Crippen molar-refractivity contribution in [2.45, 2.75) is 39.2 Å². The Balaban J connectivity index is 1.77. The maximum atomic E-state index is 12.4. The molecule has 2 aromatic carbocycles. The van der Waals surface area contributed by atoms with Gasteiger partial charge < -0.3 is 16.0 Å². The van der Waals surface area contributed by atoms with E-state index in [4.69, 9.17) is 5.73 Å². The predicted octanol–water partition coefficient (Wildman–Crippen LogP) is 4.21. The van der Waals surface area contributed by atoms with Crippen LogP contribution in [0.3, 0.4) is 0 Å². The minimum Gasteiger partial charge on any atom is -0.397 e. The Morgan fingerprint density at radius 2 is 2.00 bits per heavy atom. The Kier molecular flexibility index (Phi) is 4.74. The van der Waals surface area contributed by atoms with Crippen LogP contribution in [-0.4, -0.2) is 18.5 Å². The van der Waals surface area contributed by atoms with Crippen molar-refractivity contribution < 1.29 is 4.79 Å². The van der Waals surface area contributed by atoms with E-state index >= 15 is 0 Å². The molecule has 1 saturated heterocycles. The summed E-state index contributed by atoms with van der Waals surface area (Å²) in [7, 11) is 0. The maximum Gasteiger partial charge on any atom is 0.255 e. The second-order valence-corrected chi connectivity index (χ2v) is 6.58. The summed E-state index contributed by atoms with van der Waals surface area (Å²) < 4.78 is 0. The van der Waals surface area contributed by atoms with Gasteiger partial charge >= 0.3 is 0 Å². The number of hydrogen-bond acceptors (Lipinski definition) is 3. The summed E-state index contributed by atoms with van der Waals surface area (Å²) in [4.78, 5) is 14.8. The highest BCUT2D eigenvalue weighted by Gasteiger charge is 2.20. The molecule has 0 spiro atoms. The highest BCUT2D eigenvalue weighted by molar-refractivity contribution is 6.05. The summed E-state index contributed by atoms with van der Waals surface area (Å²) >= 11 is 0. The van der Waals surface area contributed by atoms with E-state index in [9.17, 15) is 4.79 Å². The summed E-state index contributed by atoms with van der Waals surface area (Å²) in [5.74, 6) is -0.105. The lowest BCUT2D eigenvalue weighted by molar-refractivity contribution is 0.102. The first-order valence-corrected chi connectivity index (χ1v) is 8.59. The van der Waals surface area contributed by atoms with E-state index in [2.05, 4.69) is 17.1 Å². The van der Waals surface area contributed by atoms with Gasteiger partial charge in [0.1, 0.15) is 0 Å². The van der Waals surface area contributed by atoms with Gasteiger partial charge in [-0.05, 0) is 62.9 Å². The highest BCUT2D eigenvalue weighted by Crippen LogP contribution is 2.31. The summed E-state index contributed by atoms with van der Waals surface area (Å²) in [6.07, 6.45) is 3.68. The van der Waals surface area contributed by atoms with Crippen molar-refractivity contribution in [1.29, 1.82) is 0 Å². The molecule has 4 heteroatoms. The van der Waals surface area contributed by atoms with E-state index in [1.54, 1.807) is 0 Å². The quantitative estimate of drug-likeness (QED) is 0.832. The molecule has 3 rings (SSSR count). The molecule has 1 atom stereocenters. The van der Waals surface area contributed by atoms with Crippen molar-refractivity contribution in [2.24, 2.45) is 0 Å². The van der Waals surface area contributed by atoms with Gasteiger partial charge in [0.25, 0.3) is 5.91 Å². The lowest BCUT2D eigenvalue weighted by atomic mass is 10.0. The third kappa shape index (κ3) is 3.37. The third-order valence-corrected chi connectivity index (χ3v) is 4.79. The molecule has 1 fully saturated rings. The first-order chi connectivity index (χ1) is 11.6. The molecule has 4 nitrogen and oxygen atoms in total. The van der Waals surface area contributed by atoms with E-state index in [1.165, 1.54) is 19.3 Å². The smallest absolute Gasteiger partial charge is 0.255 e. The van der Waals surface area contributed by atoms with Gasteiger partial charge in [-0.25, -0.2) is 0 Å². The molecule has 0 aliphatic carbocycles. The molecule has 0 bridgehead atoms. The van der Waals surface area contributed by atoms with Crippen LogP contribution >= 0.6 is 0 Å². The Morgan fingerprint density at radius 3 is 2.71 bits per heavy atom. The number of rotatable bonds is 3. The molecule has 24 heavy (non-hydrogen) atoms. The first kappa shape index (κ1) is 16.4. The van der Waals surface area contributed by atoms with E-state index < -0.39 is 0 Å². The monoisotopic (exact) mass is 323 g/mol. The van der Waals surface area contributed by atoms with Gasteiger partial charge in [-0.1, -0.05) is 18.2 Å². The first-order valence-electron chi connectivity index (χ1n) is 8.59. The summed E-state index contributed by atoms with van der Waals surface area (Å²) in [5.41, 5.74) is 10.4. The Bertz CT molecular complexity index is 741. The molecule has 1 amide bonds. The number of nitrogens with one attached hydrogen (secondary N) is 1. The number of nitrogens with two attached hydrogens (primary N) is 1. The minimum absolute atomic E-state index is 0.105. The van der Waals surface area contributed by atoms with Crippen LogP contribution in [0.1, 0.15) is 42.1 Å². The van der Waals surface area contributed by atoms with Gasteiger partial charge in [-0.2, -0.15) is 0 Å². The zero-order valence-electron chi connectivity index (χ0n) is 14.4. The van der Waals surface area contributed by atoms with Crippen LogP contribution in [0.5, 0.6) is 0 Å². The summed E-state index contributed by atoms with van der Waals surface area (Å²) in [5, 5.41) is 2.94. The van der Waals surface area contributed by atoms with Crippen molar-refractivity contribution in [3.63, 3.8) is 0 Å². The van der Waals surface area contributed by atoms with Crippen molar-refractivity contribution in [1.82, 2.24) is 0 Å². The summed E-state index contributed by atoms with van der Waals surface area (Å²) in [6.45, 7) is 5.22. The molecule has 1 aliphatic heterocycles. The fourth-order valence-electron chi connectivity index (χ4n) is 3.38. The number of benzene rings is 2. The number of nitrogen functional groups attached to an aromatic ring is 1. The standard InChI is InChI=1S/C20H25N3O/c1-14-7-3-4-9-17(14)20(24)22-16-10-11-19(18(21)13-16)23-12-6-5-8-15(23)2/h3-4,7,9-11,13,15H,5-6,8,12,21H2,1-2H3,(H,22,24)/t15-/m1/s1. The fourth-order valence-corrected chi connectivity index (χ4v) is 3.38. The number of hydrogen-bond donors (Lipinski definition) is 2. The van der Waals surface area contributed by atoms with Crippen molar-refractivity contribution >= 4 is 23.0 Å². The zero-order valence-corrected chi connectivity index (χ0v) is 14.4. The van der Waals surface area contributed by atoms with Crippen LogP contribution in [-0.2, 0) is 0 Å². The molecule has 126 valence electrons. The number of carbonyl (C=O) groups is 1. The fraction of sp³-hybridized carbons (Fsp3) is 0.350. The normalized spacial score (nSPS) is 17.6. The second-order valence-electron chi connectivity index (χ2n) is 6.58. The molecule has 1 heterocycles. The molecule has 3 N–H and O–H groups in total. The maximum absolute atomic E-state index is 12.4. The molecule has 2 aromatic rings. The lowest BCUT2D eigenvalue weighted by Crippen LogP contribution is -2.37. The Morgan fingerprint density at radius 1 is 1.21 bits per heavy atom. The topological polar surface area (TPSA) is 58.4 Å². The number of nitrogens with zero attached hydrogens (tertiary/aromatic N) is 1. The predicted molar refractivity (Wildman–Crippen MR) is 101 cm³/mol.